The Morgan fingerprint density at radius 1 is 1.35 bits per heavy atom. The molecule has 1 atom stereocenters. The maximum absolute atomic E-state index is 12.7. The van der Waals surface area contributed by atoms with Gasteiger partial charge in [-0.05, 0) is 38.6 Å². The molecule has 1 heterocycles. The first kappa shape index (κ1) is 12.9. The lowest BCUT2D eigenvalue weighted by atomic mass is 9.89. The number of hydrogen-bond acceptors (Lipinski definition) is 2. The number of carbonyl (C=O) groups excluding carboxylic acids is 1. The molecule has 2 fully saturated rings. The monoisotopic (exact) mass is 238 g/mol. The lowest BCUT2D eigenvalue weighted by molar-refractivity contribution is -0.139. The van der Waals surface area contributed by atoms with Crippen molar-refractivity contribution in [1.29, 1.82) is 0 Å². The second kappa shape index (κ2) is 5.38. The SMILES string of the molecule is CCCC1(C(=O)N(C)C2CCCC2)CCCN1. The van der Waals surface area contributed by atoms with Crippen LogP contribution in [0.5, 0.6) is 0 Å². The van der Waals surface area contributed by atoms with Crippen molar-refractivity contribution >= 4 is 5.91 Å². The highest BCUT2D eigenvalue weighted by molar-refractivity contribution is 5.86. The van der Waals surface area contributed by atoms with Gasteiger partial charge in [-0.15, -0.1) is 0 Å². The molecule has 0 aromatic rings. The molecule has 1 saturated carbocycles. The number of amides is 1. The zero-order chi connectivity index (χ0) is 12.3. The van der Waals surface area contributed by atoms with Crippen LogP contribution >= 0.6 is 0 Å². The molecule has 1 unspecified atom stereocenters. The van der Waals surface area contributed by atoms with Crippen molar-refractivity contribution in [2.45, 2.75) is 69.9 Å². The molecule has 1 aliphatic heterocycles. The van der Waals surface area contributed by atoms with E-state index in [9.17, 15) is 4.79 Å². The van der Waals surface area contributed by atoms with Crippen LogP contribution in [0.2, 0.25) is 0 Å². The van der Waals surface area contributed by atoms with Gasteiger partial charge in [-0.1, -0.05) is 26.2 Å². The van der Waals surface area contributed by atoms with Gasteiger partial charge in [-0.25, -0.2) is 0 Å². The molecule has 3 heteroatoms. The third kappa shape index (κ3) is 2.49. The molecule has 3 nitrogen and oxygen atoms in total. The first-order chi connectivity index (χ1) is 8.19. The summed E-state index contributed by atoms with van der Waals surface area (Å²) in [6, 6.07) is 0.499. The van der Waals surface area contributed by atoms with Crippen LogP contribution in [0.3, 0.4) is 0 Å². The van der Waals surface area contributed by atoms with Gasteiger partial charge < -0.3 is 10.2 Å². The van der Waals surface area contributed by atoms with Gasteiger partial charge in [-0.2, -0.15) is 0 Å². The highest BCUT2D eigenvalue weighted by Gasteiger charge is 2.43. The molecule has 98 valence electrons. The van der Waals surface area contributed by atoms with Crippen LogP contribution in [0.1, 0.15) is 58.3 Å². The summed E-state index contributed by atoms with van der Waals surface area (Å²) < 4.78 is 0. The lowest BCUT2D eigenvalue weighted by Gasteiger charge is -2.35. The summed E-state index contributed by atoms with van der Waals surface area (Å²) in [6.07, 6.45) is 9.21. The highest BCUT2D eigenvalue weighted by Crippen LogP contribution is 2.30. The Labute approximate surface area is 105 Å². The van der Waals surface area contributed by atoms with E-state index in [1.807, 2.05) is 11.9 Å². The van der Waals surface area contributed by atoms with Gasteiger partial charge in [0.2, 0.25) is 5.91 Å². The maximum Gasteiger partial charge on any atom is 0.242 e. The summed E-state index contributed by atoms with van der Waals surface area (Å²) >= 11 is 0. The zero-order valence-corrected chi connectivity index (χ0v) is 11.3. The zero-order valence-electron chi connectivity index (χ0n) is 11.3. The van der Waals surface area contributed by atoms with E-state index in [1.54, 1.807) is 0 Å². The van der Waals surface area contributed by atoms with E-state index in [-0.39, 0.29) is 5.54 Å². The van der Waals surface area contributed by atoms with Crippen LogP contribution < -0.4 is 5.32 Å². The van der Waals surface area contributed by atoms with Crippen LogP contribution in [0.4, 0.5) is 0 Å². The Bertz CT molecular complexity index is 265. The Kier molecular flexibility index (Phi) is 4.08. The van der Waals surface area contributed by atoms with Crippen LogP contribution in [-0.2, 0) is 4.79 Å². The van der Waals surface area contributed by atoms with Crippen LogP contribution in [0, 0.1) is 0 Å². The van der Waals surface area contributed by atoms with E-state index >= 15 is 0 Å². The Morgan fingerprint density at radius 2 is 2.06 bits per heavy atom. The van der Waals surface area contributed by atoms with Crippen LogP contribution in [-0.4, -0.2) is 36.0 Å². The lowest BCUT2D eigenvalue weighted by Crippen LogP contribution is -2.55. The fourth-order valence-electron chi connectivity index (χ4n) is 3.53. The van der Waals surface area contributed by atoms with Gasteiger partial charge >= 0.3 is 0 Å². The number of likely N-dealkylation sites (N-methyl/N-ethyl adjacent to an activating group) is 1. The van der Waals surface area contributed by atoms with Gasteiger partial charge in [-0.3, -0.25) is 4.79 Å². The van der Waals surface area contributed by atoms with E-state index in [0.717, 1.165) is 32.2 Å². The van der Waals surface area contributed by atoms with Gasteiger partial charge in [0.25, 0.3) is 0 Å². The van der Waals surface area contributed by atoms with Crippen molar-refractivity contribution in [2.75, 3.05) is 13.6 Å². The molecule has 0 spiro atoms. The number of carbonyl (C=O) groups is 1. The summed E-state index contributed by atoms with van der Waals surface area (Å²) in [7, 11) is 2.01. The molecule has 2 rings (SSSR count). The molecule has 0 aromatic heterocycles. The average Bonchev–Trinajstić information content (AvgIpc) is 2.99. The summed E-state index contributed by atoms with van der Waals surface area (Å²) in [5.74, 6) is 0.351. The summed E-state index contributed by atoms with van der Waals surface area (Å²) in [6.45, 7) is 3.18. The van der Waals surface area contributed by atoms with Gasteiger partial charge in [0.1, 0.15) is 0 Å². The quantitative estimate of drug-likeness (QED) is 0.815. The summed E-state index contributed by atoms with van der Waals surface area (Å²) in [4.78, 5) is 14.8. The molecule has 1 saturated heterocycles. The topological polar surface area (TPSA) is 32.3 Å². The third-order valence-corrected chi connectivity index (χ3v) is 4.52. The molecule has 2 aliphatic rings. The molecule has 1 N–H and O–H groups in total. The minimum Gasteiger partial charge on any atom is -0.341 e. The Balaban J connectivity index is 2.04. The molecule has 17 heavy (non-hydrogen) atoms. The number of rotatable bonds is 4. The maximum atomic E-state index is 12.7. The Hall–Kier alpha value is -0.570. The second-order valence-corrected chi connectivity index (χ2v) is 5.72. The van der Waals surface area contributed by atoms with E-state index in [2.05, 4.69) is 12.2 Å². The predicted octanol–water partition coefficient (Wildman–Crippen LogP) is 2.31. The highest BCUT2D eigenvalue weighted by atomic mass is 16.2. The van der Waals surface area contributed by atoms with Crippen LogP contribution in [0.15, 0.2) is 0 Å². The van der Waals surface area contributed by atoms with E-state index in [1.165, 1.54) is 25.7 Å². The van der Waals surface area contributed by atoms with Gasteiger partial charge in [0.05, 0.1) is 5.54 Å². The summed E-state index contributed by atoms with van der Waals surface area (Å²) in [5.41, 5.74) is -0.230. The number of nitrogens with one attached hydrogen (secondary N) is 1. The first-order valence-electron chi connectivity index (χ1n) is 7.22. The Morgan fingerprint density at radius 3 is 2.59 bits per heavy atom. The minimum atomic E-state index is -0.230. The van der Waals surface area contributed by atoms with Crippen molar-refractivity contribution < 1.29 is 4.79 Å². The minimum absolute atomic E-state index is 0.230. The molecule has 0 bridgehead atoms. The molecule has 0 aromatic carbocycles. The first-order valence-corrected chi connectivity index (χ1v) is 7.22. The fraction of sp³-hybridized carbons (Fsp3) is 0.929. The van der Waals surface area contributed by atoms with Crippen molar-refractivity contribution in [1.82, 2.24) is 10.2 Å². The fourth-order valence-corrected chi connectivity index (χ4v) is 3.53. The van der Waals surface area contributed by atoms with Crippen molar-refractivity contribution in [3.63, 3.8) is 0 Å². The number of nitrogens with zero attached hydrogens (tertiary/aromatic N) is 1. The average molecular weight is 238 g/mol. The largest absolute Gasteiger partial charge is 0.341 e. The standard InChI is InChI=1S/C14H26N2O/c1-3-9-14(10-6-11-15-14)13(17)16(2)12-7-4-5-8-12/h12,15H,3-11H2,1-2H3. The van der Waals surface area contributed by atoms with E-state index < -0.39 is 0 Å². The molecule has 0 radical (unpaired) electrons. The van der Waals surface area contributed by atoms with E-state index in [0.29, 0.717) is 11.9 Å². The van der Waals surface area contributed by atoms with Crippen molar-refractivity contribution in [3.05, 3.63) is 0 Å². The summed E-state index contributed by atoms with van der Waals surface area (Å²) in [5, 5.41) is 3.48. The smallest absolute Gasteiger partial charge is 0.242 e. The van der Waals surface area contributed by atoms with Crippen molar-refractivity contribution in [3.8, 4) is 0 Å². The molecule has 1 amide bonds. The molecular formula is C14H26N2O. The predicted molar refractivity (Wildman–Crippen MR) is 69.9 cm³/mol. The van der Waals surface area contributed by atoms with Crippen molar-refractivity contribution in [2.24, 2.45) is 0 Å². The van der Waals surface area contributed by atoms with Gasteiger partial charge in [0, 0.05) is 13.1 Å². The molecular weight excluding hydrogens is 212 g/mol. The number of hydrogen-bond donors (Lipinski definition) is 1. The second-order valence-electron chi connectivity index (χ2n) is 5.72. The third-order valence-electron chi connectivity index (χ3n) is 4.52. The normalized spacial score (nSPS) is 29.8. The van der Waals surface area contributed by atoms with E-state index in [4.69, 9.17) is 0 Å². The van der Waals surface area contributed by atoms with Crippen LogP contribution in [0.25, 0.3) is 0 Å². The molecule has 1 aliphatic carbocycles. The van der Waals surface area contributed by atoms with Gasteiger partial charge in [0.15, 0.2) is 0 Å².